The van der Waals surface area contributed by atoms with Gasteiger partial charge in [-0.2, -0.15) is 5.10 Å². The minimum Gasteiger partial charge on any atom is -0.478 e. The predicted molar refractivity (Wildman–Crippen MR) is 101 cm³/mol. The lowest BCUT2D eigenvalue weighted by molar-refractivity contribution is 0.0696. The molecule has 6 nitrogen and oxygen atoms in total. The van der Waals surface area contributed by atoms with Crippen molar-refractivity contribution in [2.45, 2.75) is 19.9 Å². The first-order chi connectivity index (χ1) is 12.4. The molecular weight excluding hydrogens is 328 g/mol. The number of hydrogen-bond acceptors (Lipinski definition) is 4. The number of rotatable bonds is 5. The molecule has 0 radical (unpaired) electrons. The van der Waals surface area contributed by atoms with Crippen LogP contribution in [-0.4, -0.2) is 44.8 Å². The minimum atomic E-state index is -0.955. The van der Waals surface area contributed by atoms with Gasteiger partial charge in [-0.1, -0.05) is 30.3 Å². The van der Waals surface area contributed by atoms with Crippen molar-refractivity contribution < 1.29 is 9.90 Å². The lowest BCUT2D eigenvalue weighted by atomic mass is 9.98. The molecule has 1 unspecified atom stereocenters. The van der Waals surface area contributed by atoms with Crippen molar-refractivity contribution in [1.29, 1.82) is 0 Å². The molecule has 1 heterocycles. The van der Waals surface area contributed by atoms with Crippen LogP contribution in [0.3, 0.4) is 0 Å². The van der Waals surface area contributed by atoms with E-state index in [0.717, 1.165) is 22.6 Å². The van der Waals surface area contributed by atoms with E-state index >= 15 is 0 Å². The summed E-state index contributed by atoms with van der Waals surface area (Å²) in [7, 11) is 3.94. The van der Waals surface area contributed by atoms with Gasteiger partial charge in [0.2, 0.25) is 0 Å². The van der Waals surface area contributed by atoms with Crippen LogP contribution >= 0.6 is 0 Å². The molecule has 6 heteroatoms. The molecule has 0 bridgehead atoms. The summed E-state index contributed by atoms with van der Waals surface area (Å²) in [5, 5.41) is 14.0. The Morgan fingerprint density at radius 2 is 1.85 bits per heavy atom. The second kappa shape index (κ2) is 7.09. The first-order valence-electron chi connectivity index (χ1n) is 8.40. The van der Waals surface area contributed by atoms with Crippen LogP contribution in [0, 0.1) is 6.92 Å². The summed E-state index contributed by atoms with van der Waals surface area (Å²) >= 11 is 0. The van der Waals surface area contributed by atoms with Crippen molar-refractivity contribution in [3.8, 4) is 16.8 Å². The van der Waals surface area contributed by atoms with E-state index in [4.69, 9.17) is 0 Å². The van der Waals surface area contributed by atoms with Crippen LogP contribution in [0.4, 0.5) is 0 Å². The maximum atomic E-state index is 11.8. The third kappa shape index (κ3) is 3.23. The van der Waals surface area contributed by atoms with Crippen molar-refractivity contribution in [2.75, 3.05) is 14.1 Å². The predicted octanol–water partition coefficient (Wildman–Crippen LogP) is 3.56. The summed E-state index contributed by atoms with van der Waals surface area (Å²) in [6.45, 7) is 3.84. The first kappa shape index (κ1) is 17.8. The summed E-state index contributed by atoms with van der Waals surface area (Å²) in [5.74, 6) is -0.191. The third-order valence-electron chi connectivity index (χ3n) is 4.67. The maximum Gasteiger partial charge on any atom is 0.336 e. The van der Waals surface area contributed by atoms with Gasteiger partial charge in [-0.3, -0.25) is 4.90 Å². The Balaban J connectivity index is 2.24. The summed E-state index contributed by atoms with van der Waals surface area (Å²) in [6.07, 6.45) is 1.50. The van der Waals surface area contributed by atoms with Crippen LogP contribution in [-0.2, 0) is 0 Å². The quantitative estimate of drug-likeness (QED) is 0.762. The van der Waals surface area contributed by atoms with Crippen molar-refractivity contribution in [1.82, 2.24) is 19.7 Å². The Morgan fingerprint density at radius 3 is 2.46 bits per heavy atom. The maximum absolute atomic E-state index is 11.8. The molecule has 2 aromatic carbocycles. The standard InChI is InChI=1S/C20H22N4O2/c1-13-17(20(25)26)10-16(15-8-6-5-7-9-15)11-18(13)24-19(21-12-22-24)14(2)23(3)4/h5-12,14H,1-4H3,(H,25,26). The molecule has 0 spiro atoms. The van der Waals surface area contributed by atoms with Gasteiger partial charge < -0.3 is 5.11 Å². The molecule has 0 fully saturated rings. The number of aromatic carboxylic acids is 1. The number of nitrogens with zero attached hydrogens (tertiary/aromatic N) is 4. The van der Waals surface area contributed by atoms with Gasteiger partial charge in [-0.05, 0) is 56.8 Å². The fourth-order valence-corrected chi connectivity index (χ4v) is 2.89. The SMILES string of the molecule is Cc1c(C(=O)O)cc(-c2ccccc2)cc1-n1ncnc1C(C)N(C)C. The normalized spacial score (nSPS) is 12.3. The highest BCUT2D eigenvalue weighted by Crippen LogP contribution is 2.29. The van der Waals surface area contributed by atoms with Crippen LogP contribution in [0.25, 0.3) is 16.8 Å². The van der Waals surface area contributed by atoms with E-state index in [1.54, 1.807) is 17.7 Å². The molecule has 0 aliphatic carbocycles. The number of hydrogen-bond donors (Lipinski definition) is 1. The number of carboxylic acid groups (broad SMARTS) is 1. The van der Waals surface area contributed by atoms with Crippen molar-refractivity contribution >= 4 is 5.97 Å². The highest BCUT2D eigenvalue weighted by molar-refractivity contribution is 5.92. The molecule has 3 rings (SSSR count). The van der Waals surface area contributed by atoms with Gasteiger partial charge in [-0.25, -0.2) is 14.5 Å². The molecular formula is C20H22N4O2. The minimum absolute atomic E-state index is 0.0329. The van der Waals surface area contributed by atoms with Gasteiger partial charge in [0, 0.05) is 0 Å². The summed E-state index contributed by atoms with van der Waals surface area (Å²) in [5.41, 5.74) is 3.45. The number of benzene rings is 2. The molecule has 0 amide bonds. The van der Waals surface area contributed by atoms with Gasteiger partial charge >= 0.3 is 5.97 Å². The molecule has 134 valence electrons. The van der Waals surface area contributed by atoms with Crippen molar-refractivity contribution in [3.05, 3.63) is 65.7 Å². The lowest BCUT2D eigenvalue weighted by Crippen LogP contribution is -2.21. The second-order valence-electron chi connectivity index (χ2n) is 6.51. The lowest BCUT2D eigenvalue weighted by Gasteiger charge is -2.21. The molecule has 1 aromatic heterocycles. The van der Waals surface area contributed by atoms with E-state index in [9.17, 15) is 9.90 Å². The van der Waals surface area contributed by atoms with E-state index in [1.165, 1.54) is 6.33 Å². The smallest absolute Gasteiger partial charge is 0.336 e. The summed E-state index contributed by atoms with van der Waals surface area (Å²) in [6, 6.07) is 13.4. The second-order valence-corrected chi connectivity index (χ2v) is 6.51. The molecule has 0 aliphatic heterocycles. The van der Waals surface area contributed by atoms with Crippen LogP contribution in [0.5, 0.6) is 0 Å². The van der Waals surface area contributed by atoms with Crippen LogP contribution < -0.4 is 0 Å². The zero-order chi connectivity index (χ0) is 18.8. The Hall–Kier alpha value is -2.99. The van der Waals surface area contributed by atoms with Gasteiger partial charge in [0.05, 0.1) is 17.3 Å². The third-order valence-corrected chi connectivity index (χ3v) is 4.67. The fourth-order valence-electron chi connectivity index (χ4n) is 2.89. The van der Waals surface area contributed by atoms with E-state index in [-0.39, 0.29) is 11.6 Å². The van der Waals surface area contributed by atoms with E-state index in [1.807, 2.05) is 62.3 Å². The van der Waals surface area contributed by atoms with Crippen LogP contribution in [0.1, 0.15) is 34.7 Å². The van der Waals surface area contributed by atoms with Crippen LogP contribution in [0.15, 0.2) is 48.8 Å². The molecule has 0 saturated heterocycles. The molecule has 0 aliphatic rings. The molecule has 3 aromatic rings. The van der Waals surface area contributed by atoms with E-state index in [0.29, 0.717) is 5.56 Å². The molecule has 0 saturated carbocycles. The van der Waals surface area contributed by atoms with Crippen molar-refractivity contribution in [2.24, 2.45) is 0 Å². The Morgan fingerprint density at radius 1 is 1.15 bits per heavy atom. The highest BCUT2D eigenvalue weighted by Gasteiger charge is 2.21. The highest BCUT2D eigenvalue weighted by atomic mass is 16.4. The van der Waals surface area contributed by atoms with Gasteiger partial charge in [0.15, 0.2) is 0 Å². The molecule has 1 N–H and O–H groups in total. The zero-order valence-electron chi connectivity index (χ0n) is 15.3. The number of aromatic nitrogens is 3. The monoisotopic (exact) mass is 350 g/mol. The molecule has 26 heavy (non-hydrogen) atoms. The van der Waals surface area contributed by atoms with Gasteiger partial charge in [-0.15, -0.1) is 0 Å². The average molecular weight is 350 g/mol. The van der Waals surface area contributed by atoms with Crippen LogP contribution in [0.2, 0.25) is 0 Å². The topological polar surface area (TPSA) is 71.2 Å². The van der Waals surface area contributed by atoms with E-state index < -0.39 is 5.97 Å². The summed E-state index contributed by atoms with van der Waals surface area (Å²) in [4.78, 5) is 18.2. The Bertz CT molecular complexity index is 932. The number of carbonyl (C=O) groups is 1. The Kier molecular flexibility index (Phi) is 4.86. The first-order valence-corrected chi connectivity index (χ1v) is 8.40. The fraction of sp³-hybridized carbons (Fsp3) is 0.250. The van der Waals surface area contributed by atoms with Crippen molar-refractivity contribution in [3.63, 3.8) is 0 Å². The van der Waals surface area contributed by atoms with Gasteiger partial charge in [0.25, 0.3) is 0 Å². The summed E-state index contributed by atoms with van der Waals surface area (Å²) < 4.78 is 1.74. The Labute approximate surface area is 152 Å². The largest absolute Gasteiger partial charge is 0.478 e. The molecule has 1 atom stereocenters. The zero-order valence-corrected chi connectivity index (χ0v) is 15.3. The van der Waals surface area contributed by atoms with E-state index in [2.05, 4.69) is 10.1 Å². The van der Waals surface area contributed by atoms with Gasteiger partial charge in [0.1, 0.15) is 12.2 Å². The number of carboxylic acids is 1. The average Bonchev–Trinajstić information content (AvgIpc) is 3.11.